The minimum absolute atomic E-state index is 0.212. The van der Waals surface area contributed by atoms with E-state index in [4.69, 9.17) is 0 Å². The third-order valence-electron chi connectivity index (χ3n) is 6.65. The molecule has 0 radical (unpaired) electrons. The summed E-state index contributed by atoms with van der Waals surface area (Å²) in [6.07, 6.45) is 1.46. The molecule has 4 aromatic rings. The summed E-state index contributed by atoms with van der Waals surface area (Å²) in [6, 6.07) is 32.2. The third-order valence-corrected chi connectivity index (χ3v) is 6.65. The van der Waals surface area contributed by atoms with Crippen LogP contribution in [0.2, 0.25) is 0 Å². The Hall–Kier alpha value is -2.88. The zero-order chi connectivity index (χ0) is 20.6. The fourth-order valence-corrected chi connectivity index (χ4v) is 5.03. The first kappa shape index (κ1) is 19.1. The first-order valence-electron chi connectivity index (χ1n) is 10.8. The second-order valence-electron chi connectivity index (χ2n) is 8.44. The van der Waals surface area contributed by atoms with Crippen LogP contribution in [0.1, 0.15) is 35.7 Å². The number of likely N-dealkylation sites (tertiary alicyclic amines) is 1. The topological polar surface area (TPSA) is 28.4 Å². The lowest BCUT2D eigenvalue weighted by molar-refractivity contribution is -0.0373. The van der Waals surface area contributed by atoms with E-state index in [0.717, 1.165) is 31.6 Å². The molecule has 0 saturated carbocycles. The molecule has 30 heavy (non-hydrogen) atoms. The van der Waals surface area contributed by atoms with Crippen LogP contribution in [0.5, 0.6) is 0 Å². The van der Waals surface area contributed by atoms with Gasteiger partial charge in [0, 0.05) is 25.7 Å². The van der Waals surface area contributed by atoms with Gasteiger partial charge in [0.25, 0.3) is 0 Å². The molecule has 1 fully saturated rings. The molecular formula is C27H28N2O. The van der Waals surface area contributed by atoms with Crippen molar-refractivity contribution in [1.82, 2.24) is 9.47 Å². The van der Waals surface area contributed by atoms with Crippen molar-refractivity contribution in [1.29, 1.82) is 0 Å². The molecule has 1 aliphatic rings. The summed E-state index contributed by atoms with van der Waals surface area (Å²) in [7, 11) is 2.07. The first-order chi connectivity index (χ1) is 14.7. The normalized spacial score (nSPS) is 16.9. The number of para-hydroxylation sites is 1. The van der Waals surface area contributed by atoms with Crippen LogP contribution in [0, 0.1) is 0 Å². The van der Waals surface area contributed by atoms with E-state index in [1.165, 1.54) is 22.0 Å². The van der Waals surface area contributed by atoms with Crippen LogP contribution in [0.25, 0.3) is 10.9 Å². The third kappa shape index (κ3) is 3.34. The van der Waals surface area contributed by atoms with Crippen LogP contribution >= 0.6 is 0 Å². The Morgan fingerprint density at radius 2 is 1.30 bits per heavy atom. The molecule has 0 aliphatic carbocycles. The number of piperidine rings is 1. The molecule has 5 rings (SSSR count). The van der Waals surface area contributed by atoms with E-state index in [1.807, 2.05) is 0 Å². The summed E-state index contributed by atoms with van der Waals surface area (Å²) < 4.78 is 2.16. The summed E-state index contributed by atoms with van der Waals surface area (Å²) in [5.74, 6) is 0. The van der Waals surface area contributed by atoms with Crippen LogP contribution in [0.15, 0.2) is 91.0 Å². The maximum absolute atomic E-state index is 11.6. The zero-order valence-corrected chi connectivity index (χ0v) is 17.4. The maximum Gasteiger partial charge on any atom is 0.107 e. The summed E-state index contributed by atoms with van der Waals surface area (Å²) in [5.41, 5.74) is 4.02. The molecule has 152 valence electrons. The molecular weight excluding hydrogens is 368 g/mol. The molecule has 0 bridgehead atoms. The maximum atomic E-state index is 11.6. The van der Waals surface area contributed by atoms with Crippen LogP contribution < -0.4 is 0 Å². The monoisotopic (exact) mass is 396 g/mol. The molecule has 0 atom stereocenters. The van der Waals surface area contributed by atoms with Gasteiger partial charge in [-0.2, -0.15) is 0 Å². The highest BCUT2D eigenvalue weighted by Crippen LogP contribution is 2.39. The molecule has 0 amide bonds. The highest BCUT2D eigenvalue weighted by Gasteiger charge is 2.38. The average Bonchev–Trinajstić information content (AvgIpc) is 3.15. The second-order valence-corrected chi connectivity index (χ2v) is 8.44. The van der Waals surface area contributed by atoms with E-state index in [0.29, 0.717) is 0 Å². The smallest absolute Gasteiger partial charge is 0.107 e. The van der Waals surface area contributed by atoms with Gasteiger partial charge in [-0.25, -0.2) is 0 Å². The van der Waals surface area contributed by atoms with Gasteiger partial charge in [-0.05, 0) is 41.5 Å². The molecule has 0 unspecified atom stereocenters. The molecule has 1 N–H and O–H groups in total. The number of aliphatic hydroxyl groups is 1. The van der Waals surface area contributed by atoms with Gasteiger partial charge in [-0.15, -0.1) is 0 Å². The number of hydrogen-bond donors (Lipinski definition) is 1. The highest BCUT2D eigenvalue weighted by atomic mass is 16.3. The largest absolute Gasteiger partial charge is 0.384 e. The van der Waals surface area contributed by atoms with E-state index < -0.39 is 5.60 Å². The fourth-order valence-electron chi connectivity index (χ4n) is 5.03. The van der Waals surface area contributed by atoms with E-state index >= 15 is 0 Å². The van der Waals surface area contributed by atoms with Crippen molar-refractivity contribution in [2.45, 2.75) is 24.5 Å². The Bertz CT molecular complexity index is 1090. The Kier molecular flexibility index (Phi) is 4.93. The Morgan fingerprint density at radius 3 is 1.87 bits per heavy atom. The number of aryl methyl sites for hydroxylation is 1. The number of fused-ring (bicyclic) bond motifs is 1. The molecule has 1 aromatic heterocycles. The second kappa shape index (κ2) is 7.75. The van der Waals surface area contributed by atoms with Crippen molar-refractivity contribution in [3.05, 3.63) is 108 Å². The molecule has 1 aliphatic heterocycles. The number of benzene rings is 3. The lowest BCUT2D eigenvalue weighted by Gasteiger charge is -2.42. The van der Waals surface area contributed by atoms with Crippen LogP contribution in [0.3, 0.4) is 0 Å². The quantitative estimate of drug-likeness (QED) is 0.510. The molecule has 3 nitrogen and oxygen atoms in total. The van der Waals surface area contributed by atoms with Crippen LogP contribution in [-0.4, -0.2) is 27.7 Å². The summed E-state index contributed by atoms with van der Waals surface area (Å²) in [5, 5.41) is 12.8. The minimum Gasteiger partial charge on any atom is -0.384 e. The van der Waals surface area contributed by atoms with Crippen molar-refractivity contribution in [3.63, 3.8) is 0 Å². The lowest BCUT2D eigenvalue weighted by atomic mass is 9.85. The van der Waals surface area contributed by atoms with Crippen molar-refractivity contribution < 1.29 is 5.11 Å². The van der Waals surface area contributed by atoms with Crippen molar-refractivity contribution in [2.24, 2.45) is 7.05 Å². The van der Waals surface area contributed by atoms with E-state index in [2.05, 4.69) is 108 Å². The fraction of sp³-hybridized carbons (Fsp3) is 0.259. The number of hydrogen-bond acceptors (Lipinski definition) is 2. The Morgan fingerprint density at radius 1 is 0.767 bits per heavy atom. The van der Waals surface area contributed by atoms with Gasteiger partial charge in [0.15, 0.2) is 0 Å². The van der Waals surface area contributed by atoms with Gasteiger partial charge in [0.05, 0.1) is 11.7 Å². The summed E-state index contributed by atoms with van der Waals surface area (Å²) >= 11 is 0. The van der Waals surface area contributed by atoms with Gasteiger partial charge in [0.1, 0.15) is 5.60 Å². The number of nitrogens with zero attached hydrogens (tertiary/aromatic N) is 2. The molecule has 3 aromatic carbocycles. The van der Waals surface area contributed by atoms with Crippen molar-refractivity contribution in [2.75, 3.05) is 13.1 Å². The van der Waals surface area contributed by atoms with Gasteiger partial charge in [0.2, 0.25) is 0 Å². The highest BCUT2D eigenvalue weighted by molar-refractivity contribution is 5.81. The standard InChI is InChI=1S/C27H28N2O/c1-28-24-15-9-8-14-23(24)20-25(28)27(30)16-18-29(19-17-27)26(21-10-4-2-5-11-21)22-12-6-3-7-13-22/h2-15,20,26,30H,16-19H2,1H3. The molecule has 2 heterocycles. The van der Waals surface area contributed by atoms with Gasteiger partial charge >= 0.3 is 0 Å². The minimum atomic E-state index is -0.789. The van der Waals surface area contributed by atoms with E-state index in [1.54, 1.807) is 0 Å². The lowest BCUT2D eigenvalue weighted by Crippen LogP contribution is -2.45. The van der Waals surface area contributed by atoms with Gasteiger partial charge in [-0.3, -0.25) is 4.90 Å². The van der Waals surface area contributed by atoms with Gasteiger partial charge in [-0.1, -0.05) is 78.9 Å². The summed E-state index contributed by atoms with van der Waals surface area (Å²) in [6.45, 7) is 1.71. The Balaban J connectivity index is 1.44. The van der Waals surface area contributed by atoms with Crippen molar-refractivity contribution >= 4 is 10.9 Å². The summed E-state index contributed by atoms with van der Waals surface area (Å²) in [4.78, 5) is 2.52. The van der Waals surface area contributed by atoms with E-state index in [9.17, 15) is 5.11 Å². The van der Waals surface area contributed by atoms with Crippen molar-refractivity contribution in [3.8, 4) is 0 Å². The molecule has 3 heteroatoms. The molecule has 1 saturated heterocycles. The molecule has 0 spiro atoms. The average molecular weight is 397 g/mol. The number of aromatic nitrogens is 1. The van der Waals surface area contributed by atoms with E-state index in [-0.39, 0.29) is 6.04 Å². The zero-order valence-electron chi connectivity index (χ0n) is 17.4. The van der Waals surface area contributed by atoms with Crippen LogP contribution in [0.4, 0.5) is 0 Å². The first-order valence-corrected chi connectivity index (χ1v) is 10.8. The predicted octanol–water partition coefficient (Wildman–Crippen LogP) is 5.25. The van der Waals surface area contributed by atoms with Crippen LogP contribution in [-0.2, 0) is 12.6 Å². The SMILES string of the molecule is Cn1c(C2(O)CCN(C(c3ccccc3)c3ccccc3)CC2)cc2ccccc21. The van der Waals surface area contributed by atoms with Gasteiger partial charge < -0.3 is 9.67 Å². The predicted molar refractivity (Wildman–Crippen MR) is 122 cm³/mol. The number of rotatable bonds is 4. The Labute approximate surface area is 178 Å².